The van der Waals surface area contributed by atoms with Crippen molar-refractivity contribution in [1.82, 2.24) is 5.32 Å². The van der Waals surface area contributed by atoms with Gasteiger partial charge < -0.3 is 11.1 Å². The minimum atomic E-state index is 0.0322. The van der Waals surface area contributed by atoms with Gasteiger partial charge in [0.05, 0.1) is 5.92 Å². The topological polar surface area (TPSA) is 55.1 Å². The fourth-order valence-electron chi connectivity index (χ4n) is 5.24. The minimum Gasteiger partial charge on any atom is -0.353 e. The summed E-state index contributed by atoms with van der Waals surface area (Å²) in [5, 5.41) is 3.32. The summed E-state index contributed by atoms with van der Waals surface area (Å²) in [6.07, 6.45) is 8.87. The molecule has 0 aromatic carbocycles. The third-order valence-corrected chi connectivity index (χ3v) is 6.38. The molecule has 0 radical (unpaired) electrons. The molecule has 114 valence electrons. The summed E-state index contributed by atoms with van der Waals surface area (Å²) in [5.41, 5.74) is 6.20. The van der Waals surface area contributed by atoms with Crippen LogP contribution in [-0.4, -0.2) is 18.0 Å². The predicted molar refractivity (Wildman–Crippen MR) is 81.0 cm³/mol. The molecular weight excluding hydrogens is 248 g/mol. The normalized spacial score (nSPS) is 45.4. The van der Waals surface area contributed by atoms with E-state index in [2.05, 4.69) is 19.2 Å². The van der Waals surface area contributed by atoms with Crippen molar-refractivity contribution in [3.63, 3.8) is 0 Å². The highest BCUT2D eigenvalue weighted by Crippen LogP contribution is 2.49. The fraction of sp³-hybridized carbons (Fsp3) is 0.941. The van der Waals surface area contributed by atoms with Gasteiger partial charge in [0.1, 0.15) is 0 Å². The SMILES string of the molecule is CC1CCCC(N)C1C(=O)NC(C)C1CC2CCC1C2. The van der Waals surface area contributed by atoms with Crippen molar-refractivity contribution in [2.24, 2.45) is 35.3 Å². The van der Waals surface area contributed by atoms with Crippen LogP contribution in [0.3, 0.4) is 0 Å². The van der Waals surface area contributed by atoms with Crippen molar-refractivity contribution in [2.75, 3.05) is 0 Å². The molecule has 0 aliphatic heterocycles. The van der Waals surface area contributed by atoms with Gasteiger partial charge in [0.25, 0.3) is 0 Å². The van der Waals surface area contributed by atoms with E-state index in [1.165, 1.54) is 32.1 Å². The zero-order valence-corrected chi connectivity index (χ0v) is 13.0. The van der Waals surface area contributed by atoms with Gasteiger partial charge in [-0.3, -0.25) is 4.79 Å². The van der Waals surface area contributed by atoms with Crippen LogP contribution in [-0.2, 0) is 4.79 Å². The largest absolute Gasteiger partial charge is 0.353 e. The number of hydrogen-bond donors (Lipinski definition) is 2. The molecule has 3 rings (SSSR count). The molecule has 7 atom stereocenters. The van der Waals surface area contributed by atoms with Gasteiger partial charge in [-0.2, -0.15) is 0 Å². The van der Waals surface area contributed by atoms with Crippen LogP contribution in [0.15, 0.2) is 0 Å². The molecule has 3 nitrogen and oxygen atoms in total. The lowest BCUT2D eigenvalue weighted by molar-refractivity contribution is -0.129. The molecule has 20 heavy (non-hydrogen) atoms. The number of fused-ring (bicyclic) bond motifs is 2. The molecule has 3 heteroatoms. The lowest BCUT2D eigenvalue weighted by atomic mass is 9.76. The Bertz CT molecular complexity index is 360. The standard InChI is InChI=1S/C17H30N2O/c1-10-4-3-5-15(18)16(10)17(20)19-11(2)14-9-12-6-7-13(14)8-12/h10-16H,3-9,18H2,1-2H3,(H,19,20). The van der Waals surface area contributed by atoms with Gasteiger partial charge in [-0.05, 0) is 62.7 Å². The molecule has 3 aliphatic carbocycles. The molecule has 2 bridgehead atoms. The average molecular weight is 278 g/mol. The maximum atomic E-state index is 12.6. The van der Waals surface area contributed by atoms with Crippen molar-refractivity contribution < 1.29 is 4.79 Å². The number of carbonyl (C=O) groups excluding carboxylic acids is 1. The van der Waals surface area contributed by atoms with Crippen LogP contribution >= 0.6 is 0 Å². The first-order valence-corrected chi connectivity index (χ1v) is 8.62. The van der Waals surface area contributed by atoms with E-state index in [9.17, 15) is 4.79 Å². The Balaban J connectivity index is 1.58. The monoisotopic (exact) mass is 278 g/mol. The van der Waals surface area contributed by atoms with Crippen LogP contribution < -0.4 is 11.1 Å². The Hall–Kier alpha value is -0.570. The first-order chi connectivity index (χ1) is 9.56. The summed E-state index contributed by atoms with van der Waals surface area (Å²) >= 11 is 0. The van der Waals surface area contributed by atoms with Gasteiger partial charge in [0.2, 0.25) is 5.91 Å². The van der Waals surface area contributed by atoms with Crippen LogP contribution in [0.4, 0.5) is 0 Å². The molecule has 3 saturated carbocycles. The molecule has 3 fully saturated rings. The number of rotatable bonds is 3. The van der Waals surface area contributed by atoms with Crippen molar-refractivity contribution in [1.29, 1.82) is 0 Å². The van der Waals surface area contributed by atoms with E-state index < -0.39 is 0 Å². The first-order valence-electron chi connectivity index (χ1n) is 8.62. The second kappa shape index (κ2) is 5.67. The van der Waals surface area contributed by atoms with Gasteiger partial charge in [-0.25, -0.2) is 0 Å². The Kier molecular flexibility index (Phi) is 4.07. The van der Waals surface area contributed by atoms with Crippen LogP contribution in [0, 0.1) is 29.6 Å². The van der Waals surface area contributed by atoms with E-state index in [1.807, 2.05) is 0 Å². The second-order valence-corrected chi connectivity index (χ2v) is 7.73. The minimum absolute atomic E-state index is 0.0322. The van der Waals surface area contributed by atoms with Crippen molar-refractivity contribution in [3.05, 3.63) is 0 Å². The van der Waals surface area contributed by atoms with E-state index >= 15 is 0 Å². The van der Waals surface area contributed by atoms with Crippen molar-refractivity contribution >= 4 is 5.91 Å². The molecule has 0 heterocycles. The smallest absolute Gasteiger partial charge is 0.225 e. The highest BCUT2D eigenvalue weighted by atomic mass is 16.2. The predicted octanol–water partition coefficient (Wildman–Crippen LogP) is 2.69. The first kappa shape index (κ1) is 14.4. The van der Waals surface area contributed by atoms with E-state index in [4.69, 9.17) is 5.73 Å². The average Bonchev–Trinajstić information content (AvgIpc) is 3.00. The number of carbonyl (C=O) groups is 1. The third kappa shape index (κ3) is 2.61. The van der Waals surface area contributed by atoms with Gasteiger partial charge >= 0.3 is 0 Å². The molecule has 0 aromatic heterocycles. The maximum Gasteiger partial charge on any atom is 0.225 e. The molecule has 0 aromatic rings. The molecule has 0 spiro atoms. The summed E-state index contributed by atoms with van der Waals surface area (Å²) in [6.45, 7) is 4.40. The highest BCUT2D eigenvalue weighted by molar-refractivity contribution is 5.80. The third-order valence-electron chi connectivity index (χ3n) is 6.38. The van der Waals surface area contributed by atoms with E-state index in [0.29, 0.717) is 17.9 Å². The van der Waals surface area contributed by atoms with Crippen LogP contribution in [0.5, 0.6) is 0 Å². The molecule has 3 N–H and O–H groups in total. The van der Waals surface area contributed by atoms with E-state index in [1.54, 1.807) is 0 Å². The number of nitrogens with one attached hydrogen (secondary N) is 1. The molecular formula is C17H30N2O. The highest BCUT2D eigenvalue weighted by Gasteiger charge is 2.43. The molecule has 3 aliphatic rings. The summed E-state index contributed by atoms with van der Waals surface area (Å²) in [6, 6.07) is 0.394. The molecule has 7 unspecified atom stereocenters. The number of hydrogen-bond acceptors (Lipinski definition) is 2. The molecule has 0 saturated heterocycles. The van der Waals surface area contributed by atoms with Gasteiger partial charge in [0, 0.05) is 12.1 Å². The zero-order valence-electron chi connectivity index (χ0n) is 13.0. The van der Waals surface area contributed by atoms with Crippen molar-refractivity contribution in [3.8, 4) is 0 Å². The van der Waals surface area contributed by atoms with Crippen molar-refractivity contribution in [2.45, 2.75) is 70.9 Å². The summed E-state index contributed by atoms with van der Waals surface area (Å²) in [7, 11) is 0. The Morgan fingerprint density at radius 3 is 2.60 bits per heavy atom. The Labute approximate surface area is 123 Å². The van der Waals surface area contributed by atoms with Gasteiger partial charge in [-0.1, -0.05) is 19.8 Å². The van der Waals surface area contributed by atoms with E-state index in [-0.39, 0.29) is 17.9 Å². The second-order valence-electron chi connectivity index (χ2n) is 7.73. The van der Waals surface area contributed by atoms with Crippen LogP contribution in [0.25, 0.3) is 0 Å². The fourth-order valence-corrected chi connectivity index (χ4v) is 5.24. The maximum absolute atomic E-state index is 12.6. The lowest BCUT2D eigenvalue weighted by Gasteiger charge is -2.35. The summed E-state index contributed by atoms with van der Waals surface area (Å²) in [5.74, 6) is 3.22. The Morgan fingerprint density at radius 1 is 1.20 bits per heavy atom. The summed E-state index contributed by atoms with van der Waals surface area (Å²) < 4.78 is 0. The number of amides is 1. The zero-order chi connectivity index (χ0) is 14.3. The van der Waals surface area contributed by atoms with Gasteiger partial charge in [-0.15, -0.1) is 0 Å². The van der Waals surface area contributed by atoms with Crippen LogP contribution in [0.2, 0.25) is 0 Å². The van der Waals surface area contributed by atoms with Gasteiger partial charge in [0.15, 0.2) is 0 Å². The lowest BCUT2D eigenvalue weighted by Crippen LogP contribution is -2.51. The summed E-state index contributed by atoms with van der Waals surface area (Å²) in [4.78, 5) is 12.6. The Morgan fingerprint density at radius 2 is 2.00 bits per heavy atom. The van der Waals surface area contributed by atoms with E-state index in [0.717, 1.165) is 24.7 Å². The number of nitrogens with two attached hydrogens (primary N) is 1. The molecule has 1 amide bonds. The van der Waals surface area contributed by atoms with Crippen LogP contribution in [0.1, 0.15) is 58.8 Å². The quantitative estimate of drug-likeness (QED) is 0.834.